The number of carbonyl (C=O) groups excluding carboxylic acids is 2. The van der Waals surface area contributed by atoms with E-state index in [-0.39, 0.29) is 30.7 Å². The molecule has 142 valence electrons. The average molecular weight is 380 g/mol. The molecule has 8 heteroatoms. The second kappa shape index (κ2) is 7.15. The summed E-state index contributed by atoms with van der Waals surface area (Å²) in [6.45, 7) is -0.228. The molecule has 0 saturated heterocycles. The summed E-state index contributed by atoms with van der Waals surface area (Å²) in [6, 6.07) is 13.2. The predicted octanol–water partition coefficient (Wildman–Crippen LogP) is 2.35. The first kappa shape index (κ1) is 17.7. The van der Waals surface area contributed by atoms with E-state index < -0.39 is 5.91 Å². The van der Waals surface area contributed by atoms with Gasteiger partial charge in [-0.25, -0.2) is 9.37 Å². The minimum Gasteiger partial charge on any atom is -0.484 e. The molecular formula is C20H17FN4O3. The summed E-state index contributed by atoms with van der Waals surface area (Å²) >= 11 is 0. The number of aromatic nitrogens is 2. The number of hydrogen-bond donors (Lipinski definition) is 2. The van der Waals surface area contributed by atoms with Crippen molar-refractivity contribution in [3.8, 4) is 11.4 Å². The number of halogens is 1. The number of hydrogen-bond acceptors (Lipinski definition) is 4. The number of anilines is 1. The minimum absolute atomic E-state index is 0.167. The van der Waals surface area contributed by atoms with Crippen LogP contribution in [0.2, 0.25) is 0 Å². The average Bonchev–Trinajstić information content (AvgIpc) is 3.09. The van der Waals surface area contributed by atoms with Gasteiger partial charge in [0.1, 0.15) is 23.7 Å². The number of benzene rings is 2. The molecule has 3 N–H and O–H groups in total. The van der Waals surface area contributed by atoms with Crippen LogP contribution in [-0.2, 0) is 9.59 Å². The molecule has 0 fully saturated rings. The number of imidazole rings is 1. The molecule has 1 atom stereocenters. The fourth-order valence-corrected chi connectivity index (χ4v) is 3.28. The van der Waals surface area contributed by atoms with Crippen molar-refractivity contribution < 1.29 is 18.7 Å². The molecule has 0 bridgehead atoms. The van der Waals surface area contributed by atoms with Gasteiger partial charge in [0.15, 0.2) is 6.61 Å². The van der Waals surface area contributed by atoms with E-state index in [0.29, 0.717) is 22.9 Å². The molecular weight excluding hydrogens is 363 g/mol. The van der Waals surface area contributed by atoms with Crippen molar-refractivity contribution in [1.82, 2.24) is 9.55 Å². The van der Waals surface area contributed by atoms with Crippen molar-refractivity contribution in [3.63, 3.8) is 0 Å². The predicted molar refractivity (Wildman–Crippen MR) is 99.7 cm³/mol. The molecule has 28 heavy (non-hydrogen) atoms. The van der Waals surface area contributed by atoms with E-state index >= 15 is 0 Å². The highest BCUT2D eigenvalue weighted by atomic mass is 19.1. The Bertz CT molecular complexity index is 1060. The Labute approximate surface area is 159 Å². The van der Waals surface area contributed by atoms with Gasteiger partial charge in [0.25, 0.3) is 5.91 Å². The quantitative estimate of drug-likeness (QED) is 0.710. The van der Waals surface area contributed by atoms with Crippen LogP contribution in [0.3, 0.4) is 0 Å². The van der Waals surface area contributed by atoms with Crippen LogP contribution >= 0.6 is 0 Å². The molecule has 2 heterocycles. The van der Waals surface area contributed by atoms with Crippen molar-refractivity contribution in [2.75, 3.05) is 11.9 Å². The van der Waals surface area contributed by atoms with Gasteiger partial charge in [-0.1, -0.05) is 18.2 Å². The third-order valence-electron chi connectivity index (χ3n) is 4.50. The molecule has 1 aliphatic heterocycles. The lowest BCUT2D eigenvalue weighted by molar-refractivity contribution is -0.120. The second-order valence-electron chi connectivity index (χ2n) is 6.46. The number of nitrogens with zero attached hydrogens (tertiary/aromatic N) is 2. The van der Waals surface area contributed by atoms with Crippen molar-refractivity contribution >= 4 is 17.6 Å². The highest BCUT2D eigenvalue weighted by Crippen LogP contribution is 2.38. The van der Waals surface area contributed by atoms with Crippen molar-refractivity contribution in [3.05, 3.63) is 71.9 Å². The number of nitrogens with one attached hydrogen (secondary N) is 1. The Morgan fingerprint density at radius 1 is 1.29 bits per heavy atom. The first-order valence-electron chi connectivity index (χ1n) is 8.65. The zero-order chi connectivity index (χ0) is 19.7. The van der Waals surface area contributed by atoms with Crippen LogP contribution in [0.15, 0.2) is 54.9 Å². The Balaban J connectivity index is 1.71. The minimum atomic E-state index is -0.571. The Morgan fingerprint density at radius 2 is 2.11 bits per heavy atom. The topological polar surface area (TPSA) is 99.2 Å². The summed E-state index contributed by atoms with van der Waals surface area (Å²) in [5, 5.41) is 2.83. The van der Waals surface area contributed by atoms with Crippen LogP contribution in [-0.4, -0.2) is 28.0 Å². The van der Waals surface area contributed by atoms with E-state index in [0.717, 1.165) is 5.56 Å². The maximum atomic E-state index is 13.6. The number of nitrogens with two attached hydrogens (primary N) is 1. The van der Waals surface area contributed by atoms with Crippen molar-refractivity contribution in [2.24, 2.45) is 5.73 Å². The summed E-state index contributed by atoms with van der Waals surface area (Å²) < 4.78 is 20.6. The smallest absolute Gasteiger partial charge is 0.255 e. The maximum absolute atomic E-state index is 13.6. The fourth-order valence-electron chi connectivity index (χ4n) is 3.28. The first-order chi connectivity index (χ1) is 13.5. The number of carbonyl (C=O) groups is 2. The fraction of sp³-hybridized carbons (Fsp3) is 0.150. The van der Waals surface area contributed by atoms with Crippen molar-refractivity contribution in [2.45, 2.75) is 12.3 Å². The molecule has 4 rings (SSSR count). The lowest BCUT2D eigenvalue weighted by Gasteiger charge is -2.23. The monoisotopic (exact) mass is 380 g/mol. The molecule has 2 amide bonds. The van der Waals surface area contributed by atoms with Gasteiger partial charge in [0.2, 0.25) is 5.91 Å². The van der Waals surface area contributed by atoms with Gasteiger partial charge in [0, 0.05) is 12.3 Å². The summed E-state index contributed by atoms with van der Waals surface area (Å²) in [7, 11) is 0. The highest BCUT2D eigenvalue weighted by Gasteiger charge is 2.31. The molecule has 0 unspecified atom stereocenters. The third-order valence-corrected chi connectivity index (χ3v) is 4.50. The van der Waals surface area contributed by atoms with E-state index in [4.69, 9.17) is 10.5 Å². The van der Waals surface area contributed by atoms with Crippen LogP contribution in [0.25, 0.3) is 5.69 Å². The molecule has 0 aliphatic carbocycles. The molecule has 0 radical (unpaired) electrons. The number of rotatable bonds is 5. The largest absolute Gasteiger partial charge is 0.484 e. The van der Waals surface area contributed by atoms with Crippen LogP contribution in [0, 0.1) is 5.82 Å². The van der Waals surface area contributed by atoms with E-state index in [2.05, 4.69) is 10.3 Å². The van der Waals surface area contributed by atoms with E-state index in [1.54, 1.807) is 41.2 Å². The molecule has 0 spiro atoms. The highest BCUT2D eigenvalue weighted by molar-refractivity contribution is 5.94. The lowest BCUT2D eigenvalue weighted by Crippen LogP contribution is -2.25. The SMILES string of the molecule is NC(=O)COc1cccc([C@@H]2CC(=O)Nc3c2ncn3-c2cccc(F)c2)c1. The number of amides is 2. The van der Waals surface area contributed by atoms with Gasteiger partial charge in [-0.05, 0) is 35.9 Å². The molecule has 0 saturated carbocycles. The van der Waals surface area contributed by atoms with Crippen LogP contribution in [0.5, 0.6) is 5.75 Å². The number of primary amides is 1. The zero-order valence-corrected chi connectivity index (χ0v) is 14.8. The van der Waals surface area contributed by atoms with Crippen LogP contribution in [0.4, 0.5) is 10.2 Å². The van der Waals surface area contributed by atoms with E-state index in [9.17, 15) is 14.0 Å². The van der Waals surface area contributed by atoms with Gasteiger partial charge in [-0.3, -0.25) is 14.2 Å². The van der Waals surface area contributed by atoms with Gasteiger partial charge in [0.05, 0.1) is 11.4 Å². The van der Waals surface area contributed by atoms with Gasteiger partial charge in [-0.15, -0.1) is 0 Å². The van der Waals surface area contributed by atoms with Crippen LogP contribution in [0.1, 0.15) is 23.6 Å². The molecule has 1 aliphatic rings. The van der Waals surface area contributed by atoms with E-state index in [1.807, 2.05) is 6.07 Å². The summed E-state index contributed by atoms with van der Waals surface area (Å²) in [4.78, 5) is 27.7. The standard InChI is InChI=1S/C20H17FN4O3/c21-13-4-2-5-14(8-13)25-11-23-19-16(9-18(27)24-20(19)25)12-3-1-6-15(7-12)28-10-17(22)26/h1-8,11,16H,9-10H2,(H2,22,26)(H,24,27)/t16-/m0/s1. The number of fused-ring (bicyclic) bond motifs is 1. The lowest BCUT2D eigenvalue weighted by atomic mass is 9.89. The third kappa shape index (κ3) is 3.44. The number of ether oxygens (including phenoxy) is 1. The maximum Gasteiger partial charge on any atom is 0.255 e. The molecule has 7 nitrogen and oxygen atoms in total. The summed E-state index contributed by atoms with van der Waals surface area (Å²) in [6.07, 6.45) is 1.78. The molecule has 1 aromatic heterocycles. The van der Waals surface area contributed by atoms with Gasteiger partial charge < -0.3 is 15.8 Å². The summed E-state index contributed by atoms with van der Waals surface area (Å²) in [5.41, 5.74) is 7.18. The van der Waals surface area contributed by atoms with Gasteiger partial charge in [-0.2, -0.15) is 0 Å². The van der Waals surface area contributed by atoms with Crippen LogP contribution < -0.4 is 15.8 Å². The molecule has 2 aromatic carbocycles. The van der Waals surface area contributed by atoms with Gasteiger partial charge >= 0.3 is 0 Å². The normalized spacial score (nSPS) is 15.6. The Hall–Kier alpha value is -3.68. The van der Waals surface area contributed by atoms with E-state index in [1.165, 1.54) is 12.1 Å². The second-order valence-corrected chi connectivity index (χ2v) is 6.46. The zero-order valence-electron chi connectivity index (χ0n) is 14.8. The first-order valence-corrected chi connectivity index (χ1v) is 8.65. The summed E-state index contributed by atoms with van der Waals surface area (Å²) in [5.74, 6) is -0.421. The Morgan fingerprint density at radius 3 is 2.89 bits per heavy atom. The molecule has 3 aromatic rings. The van der Waals surface area contributed by atoms with Crippen molar-refractivity contribution in [1.29, 1.82) is 0 Å². The Kier molecular flexibility index (Phi) is 4.52.